The number of aryl methyl sites for hydroxylation is 1. The van der Waals surface area contributed by atoms with E-state index < -0.39 is 17.3 Å². The Hall–Kier alpha value is -2.21. The number of carbonyl (C=O) groups is 1. The molecule has 2 N–H and O–H groups in total. The second-order valence-corrected chi connectivity index (χ2v) is 5.26. The van der Waals surface area contributed by atoms with Crippen molar-refractivity contribution < 1.29 is 9.18 Å². The number of anilines is 1. The zero-order valence-corrected chi connectivity index (χ0v) is 11.8. The fourth-order valence-corrected chi connectivity index (χ4v) is 2.87. The normalized spacial score (nSPS) is 17.3. The van der Waals surface area contributed by atoms with Gasteiger partial charge in [0.05, 0.1) is 5.56 Å². The van der Waals surface area contributed by atoms with E-state index in [4.69, 9.17) is 11.6 Å². The van der Waals surface area contributed by atoms with Crippen molar-refractivity contribution >= 4 is 23.3 Å². The van der Waals surface area contributed by atoms with Crippen molar-refractivity contribution in [3.05, 3.63) is 56.3 Å². The summed E-state index contributed by atoms with van der Waals surface area (Å²) >= 11 is 6.06. The van der Waals surface area contributed by atoms with Crippen molar-refractivity contribution in [2.75, 3.05) is 5.32 Å². The lowest BCUT2D eigenvalue weighted by Gasteiger charge is -2.25. The monoisotopic (exact) mass is 307 g/mol. The Bertz CT molecular complexity index is 783. The molecule has 0 radical (unpaired) electrons. The third kappa shape index (κ3) is 2.31. The van der Waals surface area contributed by atoms with Gasteiger partial charge in [0.15, 0.2) is 0 Å². The van der Waals surface area contributed by atoms with Gasteiger partial charge in [-0.25, -0.2) is 9.37 Å². The van der Waals surface area contributed by atoms with E-state index in [0.717, 1.165) is 0 Å². The topological polar surface area (TPSA) is 74.8 Å². The number of nitrogens with one attached hydrogen (secondary N) is 2. The first-order chi connectivity index (χ1) is 9.97. The Balaban J connectivity index is 2.27. The molecule has 1 aliphatic heterocycles. The van der Waals surface area contributed by atoms with Crippen LogP contribution in [0.3, 0.4) is 0 Å². The largest absolute Gasteiger partial charge is 0.310 e. The van der Waals surface area contributed by atoms with Gasteiger partial charge in [-0.1, -0.05) is 17.7 Å². The van der Waals surface area contributed by atoms with Crippen molar-refractivity contribution in [2.24, 2.45) is 0 Å². The van der Waals surface area contributed by atoms with Gasteiger partial charge in [-0.3, -0.25) is 9.59 Å². The van der Waals surface area contributed by atoms with E-state index in [2.05, 4.69) is 15.3 Å². The number of hydrogen-bond donors (Lipinski definition) is 2. The summed E-state index contributed by atoms with van der Waals surface area (Å²) < 4.78 is 14.1. The Labute approximate surface area is 124 Å². The van der Waals surface area contributed by atoms with Crippen LogP contribution in [0.4, 0.5) is 10.2 Å². The van der Waals surface area contributed by atoms with E-state index in [9.17, 15) is 14.0 Å². The number of aromatic nitrogens is 2. The second kappa shape index (κ2) is 4.96. The quantitative estimate of drug-likeness (QED) is 0.849. The zero-order chi connectivity index (χ0) is 15.1. The minimum Gasteiger partial charge on any atom is -0.310 e. The van der Waals surface area contributed by atoms with Gasteiger partial charge in [-0.2, -0.15) is 0 Å². The lowest BCUT2D eigenvalue weighted by Crippen LogP contribution is -2.32. The summed E-state index contributed by atoms with van der Waals surface area (Å²) in [6, 6.07) is 4.26. The van der Waals surface area contributed by atoms with Crippen molar-refractivity contribution in [1.29, 1.82) is 0 Å². The molecular weight excluding hydrogens is 297 g/mol. The number of benzene rings is 1. The molecule has 2 aromatic rings. The van der Waals surface area contributed by atoms with Crippen LogP contribution >= 0.6 is 11.6 Å². The first kappa shape index (κ1) is 13.8. The lowest BCUT2D eigenvalue weighted by molar-refractivity contribution is -0.116. The third-order valence-electron chi connectivity index (χ3n) is 3.42. The molecule has 1 aromatic carbocycles. The number of fused-ring (bicyclic) bond motifs is 1. The fraction of sp³-hybridized carbons (Fsp3) is 0.214. The molecule has 0 saturated carbocycles. The van der Waals surface area contributed by atoms with Gasteiger partial charge in [-0.15, -0.1) is 0 Å². The summed E-state index contributed by atoms with van der Waals surface area (Å²) in [5, 5.41) is 2.73. The number of H-pyrrole nitrogens is 1. The summed E-state index contributed by atoms with van der Waals surface area (Å²) in [4.78, 5) is 30.7. The first-order valence-electron chi connectivity index (χ1n) is 6.32. The highest BCUT2D eigenvalue weighted by atomic mass is 35.5. The third-order valence-corrected chi connectivity index (χ3v) is 3.75. The Morgan fingerprint density at radius 2 is 2.10 bits per heavy atom. The minimum absolute atomic E-state index is 0.0541. The average Bonchev–Trinajstić information content (AvgIpc) is 2.36. The predicted molar refractivity (Wildman–Crippen MR) is 76.1 cm³/mol. The molecule has 1 aliphatic rings. The number of nitrogens with zero attached hydrogens (tertiary/aromatic N) is 1. The average molecular weight is 308 g/mol. The maximum atomic E-state index is 14.1. The van der Waals surface area contributed by atoms with Crippen LogP contribution in [-0.2, 0) is 4.79 Å². The SMILES string of the molecule is Cc1nc2c(c(=O)[nH]1)[C@H](c1c(F)cccc1Cl)CC(=O)N2. The molecule has 21 heavy (non-hydrogen) atoms. The van der Waals surface area contributed by atoms with Gasteiger partial charge in [-0.05, 0) is 19.1 Å². The second-order valence-electron chi connectivity index (χ2n) is 4.85. The molecule has 1 atom stereocenters. The molecule has 108 valence electrons. The molecule has 7 heteroatoms. The highest BCUT2D eigenvalue weighted by Gasteiger charge is 2.33. The standard InChI is InChI=1S/C14H11ClFN3O2/c1-6-17-13-12(14(21)18-6)7(5-10(20)19-13)11-8(15)3-2-4-9(11)16/h2-4,7H,5H2,1H3,(H2,17,18,19,20,21)/t7-/m0/s1. The molecule has 1 aromatic heterocycles. The maximum absolute atomic E-state index is 14.1. The van der Waals surface area contributed by atoms with Crippen LogP contribution < -0.4 is 10.9 Å². The van der Waals surface area contributed by atoms with E-state index in [-0.39, 0.29) is 34.3 Å². The molecule has 2 heterocycles. The molecule has 0 unspecified atom stereocenters. The van der Waals surface area contributed by atoms with Crippen LogP contribution in [0.2, 0.25) is 5.02 Å². The zero-order valence-electron chi connectivity index (χ0n) is 11.0. The fourth-order valence-electron chi connectivity index (χ4n) is 2.57. The molecule has 3 rings (SSSR count). The molecule has 0 spiro atoms. The number of carbonyl (C=O) groups excluding carboxylic acids is 1. The van der Waals surface area contributed by atoms with Crippen molar-refractivity contribution in [3.8, 4) is 0 Å². The van der Waals surface area contributed by atoms with Gasteiger partial charge in [0.25, 0.3) is 5.56 Å². The van der Waals surface area contributed by atoms with E-state index in [1.165, 1.54) is 18.2 Å². The van der Waals surface area contributed by atoms with E-state index in [1.807, 2.05) is 0 Å². The molecule has 1 amide bonds. The summed E-state index contributed by atoms with van der Waals surface area (Å²) in [7, 11) is 0. The van der Waals surface area contributed by atoms with Crippen molar-refractivity contribution in [2.45, 2.75) is 19.3 Å². The van der Waals surface area contributed by atoms with Crippen LogP contribution in [0.1, 0.15) is 29.3 Å². The first-order valence-corrected chi connectivity index (χ1v) is 6.69. The van der Waals surface area contributed by atoms with E-state index in [1.54, 1.807) is 6.92 Å². The van der Waals surface area contributed by atoms with E-state index >= 15 is 0 Å². The minimum atomic E-state index is -0.751. The Morgan fingerprint density at radius 3 is 2.81 bits per heavy atom. The highest BCUT2D eigenvalue weighted by molar-refractivity contribution is 6.31. The number of amides is 1. The molecular formula is C14H11ClFN3O2. The smallest absolute Gasteiger partial charge is 0.256 e. The van der Waals surface area contributed by atoms with Gasteiger partial charge in [0.2, 0.25) is 5.91 Å². The van der Waals surface area contributed by atoms with Gasteiger partial charge in [0, 0.05) is 22.9 Å². The summed E-state index contributed by atoms with van der Waals surface area (Å²) in [6.45, 7) is 1.60. The van der Waals surface area contributed by atoms with Crippen LogP contribution in [0.25, 0.3) is 0 Å². The molecule has 0 aliphatic carbocycles. The molecule has 0 fully saturated rings. The summed E-state index contributed by atoms with van der Waals surface area (Å²) in [5.74, 6) is -1.09. The van der Waals surface area contributed by atoms with Crippen molar-refractivity contribution in [3.63, 3.8) is 0 Å². The van der Waals surface area contributed by atoms with Crippen LogP contribution in [0, 0.1) is 12.7 Å². The number of halogens is 2. The van der Waals surface area contributed by atoms with Crippen LogP contribution in [0.5, 0.6) is 0 Å². The summed E-state index contributed by atoms with van der Waals surface area (Å²) in [6.07, 6.45) is -0.0541. The number of aromatic amines is 1. The maximum Gasteiger partial charge on any atom is 0.256 e. The van der Waals surface area contributed by atoms with E-state index in [0.29, 0.717) is 5.82 Å². The molecule has 5 nitrogen and oxygen atoms in total. The van der Waals surface area contributed by atoms with Gasteiger partial charge < -0.3 is 10.3 Å². The highest BCUT2D eigenvalue weighted by Crippen LogP contribution is 2.38. The number of hydrogen-bond acceptors (Lipinski definition) is 3. The lowest BCUT2D eigenvalue weighted by atomic mass is 9.86. The Kier molecular flexibility index (Phi) is 3.25. The van der Waals surface area contributed by atoms with Crippen LogP contribution in [0.15, 0.2) is 23.0 Å². The van der Waals surface area contributed by atoms with Crippen molar-refractivity contribution in [1.82, 2.24) is 9.97 Å². The summed E-state index contributed by atoms with van der Waals surface area (Å²) in [5.41, 5.74) is -0.0274. The van der Waals surface area contributed by atoms with Gasteiger partial charge >= 0.3 is 0 Å². The predicted octanol–water partition coefficient (Wildman–Crippen LogP) is 2.34. The molecule has 0 bridgehead atoms. The van der Waals surface area contributed by atoms with Crippen LogP contribution in [-0.4, -0.2) is 15.9 Å². The molecule has 0 saturated heterocycles. The van der Waals surface area contributed by atoms with Gasteiger partial charge in [0.1, 0.15) is 17.5 Å². The Morgan fingerprint density at radius 1 is 1.33 bits per heavy atom. The number of rotatable bonds is 1.